The number of carbonyl (C=O) groups is 1. The van der Waals surface area contributed by atoms with E-state index in [0.29, 0.717) is 0 Å². The van der Waals surface area contributed by atoms with Crippen LogP contribution in [0.5, 0.6) is 0 Å². The summed E-state index contributed by atoms with van der Waals surface area (Å²) >= 11 is 0. The van der Waals surface area contributed by atoms with Gasteiger partial charge < -0.3 is 14.9 Å². The quantitative estimate of drug-likeness (QED) is 0.191. The lowest BCUT2D eigenvalue weighted by molar-refractivity contribution is -0.151. The first-order chi connectivity index (χ1) is 6.26. The molecule has 0 atom stereocenters. The summed E-state index contributed by atoms with van der Waals surface area (Å²) in [7, 11) is 0. The van der Waals surface area contributed by atoms with Gasteiger partial charge in [0.25, 0.3) is 0 Å². The first-order valence-electron chi connectivity index (χ1n) is 3.65. The van der Waals surface area contributed by atoms with Crippen LogP contribution in [0.1, 0.15) is 0 Å². The molecule has 0 fully saturated rings. The van der Waals surface area contributed by atoms with Gasteiger partial charge in [-0.05, 0) is 5.53 Å². The minimum absolute atomic E-state index is 0.0423. The maximum Gasteiger partial charge on any atom is 0.313 e. The molecule has 2 N–H and O–H groups in total. The molecule has 0 saturated heterocycles. The van der Waals surface area contributed by atoms with Crippen molar-refractivity contribution in [3.05, 3.63) is 10.4 Å². The average molecular weight is 189 g/mol. The number of esters is 1. The second kappa shape index (κ2) is 7.35. The lowest BCUT2D eigenvalue weighted by atomic mass is 10.2. The zero-order chi connectivity index (χ0) is 10.1. The Bertz CT molecular complexity index is 198. The number of aliphatic hydroxyl groups excluding tert-OH is 2. The number of aliphatic hydroxyl groups is 2. The fraction of sp³-hybridized carbons (Fsp3) is 0.833. The first-order valence-corrected chi connectivity index (χ1v) is 3.65. The molecule has 0 bridgehead atoms. The van der Waals surface area contributed by atoms with Gasteiger partial charge in [0.15, 0.2) is 0 Å². The lowest BCUT2D eigenvalue weighted by Gasteiger charge is -2.09. The molecule has 13 heavy (non-hydrogen) atoms. The van der Waals surface area contributed by atoms with Crippen molar-refractivity contribution >= 4 is 5.97 Å². The summed E-state index contributed by atoms with van der Waals surface area (Å²) in [5.41, 5.74) is 7.87. The van der Waals surface area contributed by atoms with Crippen LogP contribution >= 0.6 is 0 Å². The Labute approximate surface area is 74.6 Å². The van der Waals surface area contributed by atoms with Gasteiger partial charge in [0.05, 0.1) is 26.4 Å². The number of azide groups is 1. The lowest BCUT2D eigenvalue weighted by Crippen LogP contribution is -2.25. The van der Waals surface area contributed by atoms with Crippen LogP contribution in [0.15, 0.2) is 5.11 Å². The van der Waals surface area contributed by atoms with Crippen LogP contribution in [0, 0.1) is 5.92 Å². The number of hydrogen-bond donors (Lipinski definition) is 2. The minimum atomic E-state index is -0.911. The third-order valence-electron chi connectivity index (χ3n) is 1.27. The van der Waals surface area contributed by atoms with Crippen LogP contribution in [0.25, 0.3) is 10.4 Å². The van der Waals surface area contributed by atoms with E-state index in [1.807, 2.05) is 0 Å². The maximum atomic E-state index is 10.9. The Hall–Kier alpha value is -1.30. The van der Waals surface area contributed by atoms with Crippen LogP contribution in [-0.4, -0.2) is 42.5 Å². The van der Waals surface area contributed by atoms with Crippen molar-refractivity contribution in [2.75, 3.05) is 26.4 Å². The number of hydrogen-bond acceptors (Lipinski definition) is 5. The fourth-order valence-electron chi connectivity index (χ4n) is 0.556. The number of carbonyl (C=O) groups excluding carboxylic acids is 1. The van der Waals surface area contributed by atoms with E-state index in [1.54, 1.807) is 0 Å². The highest BCUT2D eigenvalue weighted by Gasteiger charge is 2.17. The molecular formula is C6H11N3O4. The van der Waals surface area contributed by atoms with Crippen molar-refractivity contribution in [3.63, 3.8) is 0 Å². The van der Waals surface area contributed by atoms with Crippen LogP contribution in [0.4, 0.5) is 0 Å². The molecular weight excluding hydrogens is 178 g/mol. The summed E-state index contributed by atoms with van der Waals surface area (Å²) in [6, 6.07) is 0. The van der Waals surface area contributed by atoms with Crippen molar-refractivity contribution in [1.29, 1.82) is 0 Å². The van der Waals surface area contributed by atoms with Crippen LogP contribution in [0.2, 0.25) is 0 Å². The van der Waals surface area contributed by atoms with Gasteiger partial charge in [-0.1, -0.05) is 5.11 Å². The molecule has 0 aromatic rings. The van der Waals surface area contributed by atoms with Gasteiger partial charge in [0.2, 0.25) is 0 Å². The van der Waals surface area contributed by atoms with E-state index in [4.69, 9.17) is 15.7 Å². The molecule has 0 amide bonds. The molecule has 0 aliphatic rings. The predicted octanol–water partition coefficient (Wildman–Crippen LogP) is -0.559. The van der Waals surface area contributed by atoms with Crippen LogP contribution < -0.4 is 0 Å². The summed E-state index contributed by atoms with van der Waals surface area (Å²) in [6.07, 6.45) is 0. The van der Waals surface area contributed by atoms with Crippen LogP contribution in [0.3, 0.4) is 0 Å². The van der Waals surface area contributed by atoms with Gasteiger partial charge in [-0.2, -0.15) is 0 Å². The van der Waals surface area contributed by atoms with E-state index in [0.717, 1.165) is 0 Å². The third kappa shape index (κ3) is 5.02. The smallest absolute Gasteiger partial charge is 0.313 e. The SMILES string of the molecule is [N-]=[N+]=NCCOC(=O)C(CO)CO. The topological polar surface area (TPSA) is 116 Å². The van der Waals surface area contributed by atoms with E-state index >= 15 is 0 Å². The van der Waals surface area contributed by atoms with Gasteiger partial charge in [-0.25, -0.2) is 0 Å². The minimum Gasteiger partial charge on any atom is -0.465 e. The zero-order valence-electron chi connectivity index (χ0n) is 6.96. The Morgan fingerprint density at radius 1 is 1.54 bits per heavy atom. The summed E-state index contributed by atoms with van der Waals surface area (Å²) in [6.45, 7) is -0.918. The molecule has 0 saturated carbocycles. The fourth-order valence-corrected chi connectivity index (χ4v) is 0.556. The Morgan fingerprint density at radius 2 is 2.15 bits per heavy atom. The van der Waals surface area contributed by atoms with Gasteiger partial charge in [-0.3, -0.25) is 4.79 Å². The van der Waals surface area contributed by atoms with E-state index in [9.17, 15) is 4.79 Å². The van der Waals surface area contributed by atoms with Crippen LogP contribution in [-0.2, 0) is 9.53 Å². The molecule has 0 spiro atoms. The number of rotatable bonds is 6. The molecule has 0 aliphatic carbocycles. The Balaban J connectivity index is 3.65. The largest absolute Gasteiger partial charge is 0.465 e. The molecule has 0 aliphatic heterocycles. The molecule has 0 heterocycles. The van der Waals surface area contributed by atoms with E-state index in [1.165, 1.54) is 0 Å². The molecule has 0 aromatic heterocycles. The van der Waals surface area contributed by atoms with Gasteiger partial charge in [-0.15, -0.1) is 0 Å². The number of nitrogens with zero attached hydrogens (tertiary/aromatic N) is 3. The van der Waals surface area contributed by atoms with Crippen molar-refractivity contribution in [1.82, 2.24) is 0 Å². The normalized spacial score (nSPS) is 9.46. The van der Waals surface area contributed by atoms with Gasteiger partial charge >= 0.3 is 5.97 Å². The highest BCUT2D eigenvalue weighted by Crippen LogP contribution is 1.96. The maximum absolute atomic E-state index is 10.9. The highest BCUT2D eigenvalue weighted by molar-refractivity contribution is 5.72. The van der Waals surface area contributed by atoms with Gasteiger partial charge in [0, 0.05) is 4.91 Å². The van der Waals surface area contributed by atoms with E-state index < -0.39 is 25.1 Å². The second-order valence-corrected chi connectivity index (χ2v) is 2.18. The van der Waals surface area contributed by atoms with Crippen molar-refractivity contribution in [2.24, 2.45) is 11.0 Å². The average Bonchev–Trinajstić information content (AvgIpc) is 2.14. The van der Waals surface area contributed by atoms with E-state index in [-0.39, 0.29) is 13.2 Å². The predicted molar refractivity (Wildman–Crippen MR) is 42.6 cm³/mol. The zero-order valence-corrected chi connectivity index (χ0v) is 6.96. The summed E-state index contributed by atoms with van der Waals surface area (Å²) in [5, 5.41) is 20.2. The van der Waals surface area contributed by atoms with Crippen molar-refractivity contribution < 1.29 is 19.7 Å². The van der Waals surface area contributed by atoms with Crippen molar-refractivity contribution in [3.8, 4) is 0 Å². The molecule has 7 heteroatoms. The molecule has 0 radical (unpaired) electrons. The Morgan fingerprint density at radius 3 is 2.62 bits per heavy atom. The van der Waals surface area contributed by atoms with E-state index in [2.05, 4.69) is 14.8 Å². The summed E-state index contributed by atoms with van der Waals surface area (Å²) in [5.74, 6) is -1.61. The molecule has 74 valence electrons. The third-order valence-corrected chi connectivity index (χ3v) is 1.27. The highest BCUT2D eigenvalue weighted by atomic mass is 16.5. The molecule has 7 nitrogen and oxygen atoms in total. The molecule has 0 aromatic carbocycles. The first kappa shape index (κ1) is 11.7. The monoisotopic (exact) mass is 189 g/mol. The molecule has 0 rings (SSSR count). The summed E-state index contributed by atoms with van der Waals surface area (Å²) < 4.78 is 4.56. The standard InChI is InChI=1S/C6H11N3O4/c7-9-8-1-2-13-6(12)5(3-10)4-11/h5,10-11H,1-4H2. The number of ether oxygens (including phenoxy) is 1. The second-order valence-electron chi connectivity index (χ2n) is 2.18. The summed E-state index contributed by atoms with van der Waals surface area (Å²) in [4.78, 5) is 13.3. The van der Waals surface area contributed by atoms with Crippen molar-refractivity contribution in [2.45, 2.75) is 0 Å². The Kier molecular flexibility index (Phi) is 6.62. The molecule has 0 unspecified atom stereocenters. The van der Waals surface area contributed by atoms with Gasteiger partial charge in [0.1, 0.15) is 5.92 Å².